The first-order chi connectivity index (χ1) is 7.70. The minimum absolute atomic E-state index is 0.197. The van der Waals surface area contributed by atoms with Gasteiger partial charge in [0.15, 0.2) is 0 Å². The van der Waals surface area contributed by atoms with E-state index in [0.717, 1.165) is 19.3 Å². The van der Waals surface area contributed by atoms with Crippen molar-refractivity contribution in [2.45, 2.75) is 31.4 Å². The van der Waals surface area contributed by atoms with Crippen LogP contribution in [0.2, 0.25) is 0 Å². The Morgan fingerprint density at radius 2 is 2.25 bits per heavy atom. The summed E-state index contributed by atoms with van der Waals surface area (Å²) in [5.41, 5.74) is 7.02. The molecule has 1 fully saturated rings. The number of hydrogen-bond acceptors (Lipinski definition) is 3. The van der Waals surface area contributed by atoms with E-state index < -0.39 is 0 Å². The van der Waals surface area contributed by atoms with Gasteiger partial charge < -0.3 is 15.8 Å². The second-order valence-corrected chi connectivity index (χ2v) is 4.19. The number of anilines is 2. The standard InChI is InChI=1S/C12H17FN2O/c1-16-12-4-2-3-10(12)15-11-7-8(13)5-6-9(11)14/h5-7,10,12,15H,2-4,14H2,1H3. The molecule has 3 N–H and O–H groups in total. The van der Waals surface area contributed by atoms with E-state index in [9.17, 15) is 4.39 Å². The summed E-state index contributed by atoms with van der Waals surface area (Å²) in [6.45, 7) is 0. The molecule has 2 unspecified atom stereocenters. The highest BCUT2D eigenvalue weighted by molar-refractivity contribution is 5.66. The Labute approximate surface area is 94.8 Å². The molecule has 1 saturated carbocycles. The van der Waals surface area contributed by atoms with Gasteiger partial charge in [-0.05, 0) is 37.5 Å². The van der Waals surface area contributed by atoms with Crippen LogP contribution in [0.3, 0.4) is 0 Å². The Balaban J connectivity index is 2.11. The first-order valence-electron chi connectivity index (χ1n) is 5.55. The lowest BCUT2D eigenvalue weighted by atomic mass is 10.2. The summed E-state index contributed by atoms with van der Waals surface area (Å²) in [7, 11) is 1.71. The molecule has 88 valence electrons. The number of nitrogens with one attached hydrogen (secondary N) is 1. The van der Waals surface area contributed by atoms with E-state index in [1.54, 1.807) is 13.2 Å². The van der Waals surface area contributed by atoms with E-state index in [0.29, 0.717) is 11.4 Å². The van der Waals surface area contributed by atoms with Crippen LogP contribution in [-0.2, 0) is 4.74 Å². The fourth-order valence-electron chi connectivity index (χ4n) is 2.23. The van der Waals surface area contributed by atoms with Crippen LogP contribution in [0.25, 0.3) is 0 Å². The van der Waals surface area contributed by atoms with Gasteiger partial charge in [-0.25, -0.2) is 4.39 Å². The quantitative estimate of drug-likeness (QED) is 0.775. The molecule has 0 spiro atoms. The summed E-state index contributed by atoms with van der Waals surface area (Å²) < 4.78 is 18.4. The second kappa shape index (κ2) is 4.70. The number of halogens is 1. The van der Waals surface area contributed by atoms with E-state index in [2.05, 4.69) is 5.32 Å². The molecule has 2 rings (SSSR count). The second-order valence-electron chi connectivity index (χ2n) is 4.19. The minimum atomic E-state index is -0.274. The fraction of sp³-hybridized carbons (Fsp3) is 0.500. The molecule has 1 aromatic carbocycles. The van der Waals surface area contributed by atoms with Gasteiger partial charge in [-0.2, -0.15) is 0 Å². The van der Waals surface area contributed by atoms with Crippen molar-refractivity contribution in [1.82, 2.24) is 0 Å². The normalized spacial score (nSPS) is 24.6. The number of benzene rings is 1. The third kappa shape index (κ3) is 2.27. The predicted octanol–water partition coefficient (Wildman–Crippen LogP) is 2.39. The lowest BCUT2D eigenvalue weighted by molar-refractivity contribution is 0.101. The molecule has 16 heavy (non-hydrogen) atoms. The molecular formula is C12H17FN2O. The molecule has 0 heterocycles. The van der Waals surface area contributed by atoms with Gasteiger partial charge in [0.25, 0.3) is 0 Å². The van der Waals surface area contributed by atoms with Gasteiger partial charge >= 0.3 is 0 Å². The molecule has 3 nitrogen and oxygen atoms in total. The molecule has 0 amide bonds. The van der Waals surface area contributed by atoms with Crippen LogP contribution in [0, 0.1) is 5.82 Å². The number of nitrogens with two attached hydrogens (primary N) is 1. The van der Waals surface area contributed by atoms with Crippen LogP contribution < -0.4 is 11.1 Å². The molecule has 1 aliphatic rings. The SMILES string of the molecule is COC1CCCC1Nc1cc(F)ccc1N. The summed E-state index contributed by atoms with van der Waals surface area (Å²) in [5, 5.41) is 3.26. The average molecular weight is 224 g/mol. The summed E-state index contributed by atoms with van der Waals surface area (Å²) in [5.74, 6) is -0.274. The smallest absolute Gasteiger partial charge is 0.125 e. The topological polar surface area (TPSA) is 47.3 Å². The lowest BCUT2D eigenvalue weighted by Gasteiger charge is -2.21. The third-order valence-electron chi connectivity index (χ3n) is 3.11. The maximum atomic E-state index is 13.1. The molecule has 0 radical (unpaired) electrons. The summed E-state index contributed by atoms with van der Waals surface area (Å²) in [6.07, 6.45) is 3.41. The van der Waals surface area contributed by atoms with Crippen LogP contribution in [0.1, 0.15) is 19.3 Å². The van der Waals surface area contributed by atoms with Crippen molar-refractivity contribution in [3.05, 3.63) is 24.0 Å². The van der Waals surface area contributed by atoms with E-state index in [-0.39, 0.29) is 18.0 Å². The van der Waals surface area contributed by atoms with Crippen molar-refractivity contribution in [2.75, 3.05) is 18.2 Å². The summed E-state index contributed by atoms with van der Waals surface area (Å²) in [4.78, 5) is 0. The van der Waals surface area contributed by atoms with Gasteiger partial charge in [0.1, 0.15) is 5.82 Å². The highest BCUT2D eigenvalue weighted by atomic mass is 19.1. The summed E-state index contributed by atoms with van der Waals surface area (Å²) >= 11 is 0. The molecule has 0 saturated heterocycles. The molecule has 0 aliphatic heterocycles. The van der Waals surface area contributed by atoms with Crippen molar-refractivity contribution in [3.8, 4) is 0 Å². The molecule has 1 aliphatic carbocycles. The highest BCUT2D eigenvalue weighted by Crippen LogP contribution is 2.28. The van der Waals surface area contributed by atoms with Crippen molar-refractivity contribution >= 4 is 11.4 Å². The van der Waals surface area contributed by atoms with Gasteiger partial charge in [-0.15, -0.1) is 0 Å². The molecule has 0 bridgehead atoms. The number of rotatable bonds is 3. The van der Waals surface area contributed by atoms with E-state index in [1.165, 1.54) is 12.1 Å². The molecule has 1 aromatic rings. The lowest BCUT2D eigenvalue weighted by Crippen LogP contribution is -2.30. The van der Waals surface area contributed by atoms with Crippen LogP contribution in [0.5, 0.6) is 0 Å². The Morgan fingerprint density at radius 1 is 1.44 bits per heavy atom. The number of methoxy groups -OCH3 is 1. The van der Waals surface area contributed by atoms with E-state index in [1.807, 2.05) is 0 Å². The monoisotopic (exact) mass is 224 g/mol. The van der Waals surface area contributed by atoms with Gasteiger partial charge in [0.2, 0.25) is 0 Å². The van der Waals surface area contributed by atoms with Crippen molar-refractivity contribution in [3.63, 3.8) is 0 Å². The maximum absolute atomic E-state index is 13.1. The Bertz CT molecular complexity index is 370. The Hall–Kier alpha value is -1.29. The molecule has 2 atom stereocenters. The zero-order valence-electron chi connectivity index (χ0n) is 9.37. The van der Waals surface area contributed by atoms with Gasteiger partial charge in [0.05, 0.1) is 23.5 Å². The van der Waals surface area contributed by atoms with Crippen LogP contribution >= 0.6 is 0 Å². The highest BCUT2D eigenvalue weighted by Gasteiger charge is 2.27. The van der Waals surface area contributed by atoms with Gasteiger partial charge in [0, 0.05) is 7.11 Å². The van der Waals surface area contributed by atoms with Crippen molar-refractivity contribution in [2.24, 2.45) is 0 Å². The van der Waals surface area contributed by atoms with Gasteiger partial charge in [-0.1, -0.05) is 0 Å². The number of ether oxygens (including phenoxy) is 1. The summed E-state index contributed by atoms with van der Waals surface area (Å²) in [6, 6.07) is 4.60. The zero-order valence-corrected chi connectivity index (χ0v) is 9.37. The molecule has 0 aromatic heterocycles. The first-order valence-corrected chi connectivity index (χ1v) is 5.55. The number of nitrogen functional groups attached to an aromatic ring is 1. The average Bonchev–Trinajstić information content (AvgIpc) is 2.71. The van der Waals surface area contributed by atoms with Crippen molar-refractivity contribution in [1.29, 1.82) is 0 Å². The van der Waals surface area contributed by atoms with Crippen LogP contribution in [0.4, 0.5) is 15.8 Å². The van der Waals surface area contributed by atoms with Crippen LogP contribution in [-0.4, -0.2) is 19.3 Å². The molecular weight excluding hydrogens is 207 g/mol. The predicted molar refractivity (Wildman–Crippen MR) is 62.9 cm³/mol. The van der Waals surface area contributed by atoms with E-state index >= 15 is 0 Å². The number of hydrogen-bond donors (Lipinski definition) is 2. The zero-order chi connectivity index (χ0) is 11.5. The van der Waals surface area contributed by atoms with E-state index in [4.69, 9.17) is 10.5 Å². The minimum Gasteiger partial charge on any atom is -0.397 e. The maximum Gasteiger partial charge on any atom is 0.125 e. The largest absolute Gasteiger partial charge is 0.397 e. The Morgan fingerprint density at radius 3 is 3.00 bits per heavy atom. The van der Waals surface area contributed by atoms with Gasteiger partial charge in [-0.3, -0.25) is 0 Å². The van der Waals surface area contributed by atoms with Crippen molar-refractivity contribution < 1.29 is 9.13 Å². The molecule has 4 heteroatoms. The fourth-order valence-corrected chi connectivity index (χ4v) is 2.23. The van der Waals surface area contributed by atoms with Crippen LogP contribution in [0.15, 0.2) is 18.2 Å². The first kappa shape index (κ1) is 11.2. The third-order valence-corrected chi connectivity index (χ3v) is 3.11. The Kier molecular flexibility index (Phi) is 3.29.